The molecular formula is C16H15ClN4O3. The van der Waals surface area contributed by atoms with Crippen molar-refractivity contribution >= 4 is 40.2 Å². The van der Waals surface area contributed by atoms with Crippen LogP contribution >= 0.6 is 11.6 Å². The molecule has 2 aromatic heterocycles. The number of carbonyl (C=O) groups excluding carboxylic acids is 1. The number of hydrogen-bond donors (Lipinski definition) is 2. The van der Waals surface area contributed by atoms with Crippen LogP contribution in [-0.4, -0.2) is 23.3 Å². The summed E-state index contributed by atoms with van der Waals surface area (Å²) in [5, 5.41) is 10.3. The quantitative estimate of drug-likeness (QED) is 0.743. The molecule has 3 rings (SSSR count). The number of benzene rings is 1. The number of carbonyl (C=O) groups is 1. The van der Waals surface area contributed by atoms with Crippen LogP contribution in [0.4, 0.5) is 16.3 Å². The summed E-state index contributed by atoms with van der Waals surface area (Å²) in [5.41, 5.74) is 2.24. The minimum atomic E-state index is -0.481. The number of anilines is 2. The molecule has 2 N–H and O–H groups in total. The first kappa shape index (κ1) is 16.1. The SMILES string of the molecule is COc1ccccc1NC(=O)Nc1noc2nc(C)c(Cl)c(C)c12. The lowest BCUT2D eigenvalue weighted by molar-refractivity contribution is 0.262. The smallest absolute Gasteiger partial charge is 0.325 e. The molecule has 7 nitrogen and oxygen atoms in total. The van der Waals surface area contributed by atoms with Crippen molar-refractivity contribution in [3.8, 4) is 5.75 Å². The maximum absolute atomic E-state index is 12.2. The number of rotatable bonds is 3. The van der Waals surface area contributed by atoms with Crippen molar-refractivity contribution in [3.63, 3.8) is 0 Å². The Morgan fingerprint density at radius 3 is 2.75 bits per heavy atom. The van der Waals surface area contributed by atoms with Crippen LogP contribution in [0, 0.1) is 13.8 Å². The number of aromatic nitrogens is 2. The molecule has 0 spiro atoms. The van der Waals surface area contributed by atoms with E-state index in [2.05, 4.69) is 20.8 Å². The van der Waals surface area contributed by atoms with Gasteiger partial charge in [-0.3, -0.25) is 5.32 Å². The second-order valence-corrected chi connectivity index (χ2v) is 5.50. The topological polar surface area (TPSA) is 89.3 Å². The molecule has 0 saturated carbocycles. The van der Waals surface area contributed by atoms with Gasteiger partial charge in [0.05, 0.1) is 28.9 Å². The number of hydrogen-bond acceptors (Lipinski definition) is 5. The van der Waals surface area contributed by atoms with E-state index in [9.17, 15) is 4.79 Å². The zero-order valence-electron chi connectivity index (χ0n) is 13.3. The molecule has 8 heteroatoms. The first-order valence-electron chi connectivity index (χ1n) is 7.14. The molecule has 3 aromatic rings. The van der Waals surface area contributed by atoms with E-state index in [1.807, 2.05) is 13.0 Å². The van der Waals surface area contributed by atoms with Crippen molar-refractivity contribution in [1.82, 2.24) is 10.1 Å². The highest BCUT2D eigenvalue weighted by atomic mass is 35.5. The summed E-state index contributed by atoms with van der Waals surface area (Å²) in [4.78, 5) is 16.5. The number of para-hydroxylation sites is 2. The normalized spacial score (nSPS) is 10.7. The molecule has 0 aliphatic heterocycles. The van der Waals surface area contributed by atoms with Gasteiger partial charge >= 0.3 is 6.03 Å². The third kappa shape index (κ3) is 2.85. The lowest BCUT2D eigenvalue weighted by Crippen LogP contribution is -2.20. The van der Waals surface area contributed by atoms with Crippen LogP contribution in [0.2, 0.25) is 5.02 Å². The number of nitrogens with zero attached hydrogens (tertiary/aromatic N) is 2. The molecule has 0 aliphatic carbocycles. The molecule has 24 heavy (non-hydrogen) atoms. The molecule has 0 fully saturated rings. The maximum atomic E-state index is 12.2. The molecule has 1 aromatic carbocycles. The molecule has 2 amide bonds. The van der Waals surface area contributed by atoms with Crippen molar-refractivity contribution in [3.05, 3.63) is 40.5 Å². The third-order valence-electron chi connectivity index (χ3n) is 3.55. The van der Waals surface area contributed by atoms with Gasteiger partial charge in [-0.25, -0.2) is 9.78 Å². The largest absolute Gasteiger partial charge is 0.495 e. The summed E-state index contributed by atoms with van der Waals surface area (Å²) in [6.07, 6.45) is 0. The number of amides is 2. The van der Waals surface area contributed by atoms with Crippen molar-refractivity contribution in [2.24, 2.45) is 0 Å². The number of nitrogens with one attached hydrogen (secondary N) is 2. The van der Waals surface area contributed by atoms with Gasteiger partial charge < -0.3 is 14.6 Å². The van der Waals surface area contributed by atoms with Crippen LogP contribution in [0.25, 0.3) is 11.1 Å². The van der Waals surface area contributed by atoms with E-state index in [1.165, 1.54) is 7.11 Å². The summed E-state index contributed by atoms with van der Waals surface area (Å²) >= 11 is 6.21. The average Bonchev–Trinajstić information content (AvgIpc) is 2.95. The molecule has 124 valence electrons. The van der Waals surface area contributed by atoms with Gasteiger partial charge in [0.2, 0.25) is 0 Å². The standard InChI is InChI=1S/C16H15ClN4O3/c1-8-12-14(21-24-15(12)18-9(2)13(8)17)20-16(22)19-10-6-4-5-7-11(10)23-3/h4-7H,1-3H3,(H2,19,20,21,22). The van der Waals surface area contributed by atoms with Crippen molar-refractivity contribution in [1.29, 1.82) is 0 Å². The summed E-state index contributed by atoms with van der Waals surface area (Å²) < 4.78 is 10.4. The van der Waals surface area contributed by atoms with Gasteiger partial charge in [0.1, 0.15) is 5.75 Å². The fourth-order valence-corrected chi connectivity index (χ4v) is 2.51. The zero-order valence-corrected chi connectivity index (χ0v) is 14.1. The number of ether oxygens (including phenoxy) is 1. The summed E-state index contributed by atoms with van der Waals surface area (Å²) in [5.74, 6) is 0.804. The fourth-order valence-electron chi connectivity index (χ4n) is 2.37. The molecule has 0 bridgehead atoms. The predicted octanol–water partition coefficient (Wildman–Crippen LogP) is 4.15. The first-order valence-corrected chi connectivity index (χ1v) is 7.52. The Balaban J connectivity index is 1.87. The molecule has 0 saturated heterocycles. The molecule has 0 radical (unpaired) electrons. The predicted molar refractivity (Wildman–Crippen MR) is 91.9 cm³/mol. The number of urea groups is 1. The van der Waals surface area contributed by atoms with Crippen molar-refractivity contribution in [2.75, 3.05) is 17.7 Å². The van der Waals surface area contributed by atoms with Crippen molar-refractivity contribution in [2.45, 2.75) is 13.8 Å². The highest BCUT2D eigenvalue weighted by molar-refractivity contribution is 6.33. The van der Waals surface area contributed by atoms with Crippen LogP contribution in [0.15, 0.2) is 28.8 Å². The number of halogens is 1. The van der Waals surface area contributed by atoms with E-state index in [4.69, 9.17) is 20.9 Å². The number of fused-ring (bicyclic) bond motifs is 1. The third-order valence-corrected chi connectivity index (χ3v) is 4.11. The minimum absolute atomic E-state index is 0.254. The van der Waals surface area contributed by atoms with Gasteiger partial charge in [-0.1, -0.05) is 28.9 Å². The molecule has 2 heterocycles. The fraction of sp³-hybridized carbons (Fsp3) is 0.188. The second kappa shape index (κ2) is 6.37. The lowest BCUT2D eigenvalue weighted by Gasteiger charge is -2.10. The highest BCUT2D eigenvalue weighted by Crippen LogP contribution is 2.31. The Kier molecular flexibility index (Phi) is 4.26. The second-order valence-electron chi connectivity index (χ2n) is 5.13. The molecule has 0 unspecified atom stereocenters. The lowest BCUT2D eigenvalue weighted by atomic mass is 10.2. The number of pyridine rings is 1. The van der Waals surface area contributed by atoms with Gasteiger partial charge in [0.15, 0.2) is 5.82 Å². The number of methoxy groups -OCH3 is 1. The van der Waals surface area contributed by atoms with Crippen molar-refractivity contribution < 1.29 is 14.1 Å². The minimum Gasteiger partial charge on any atom is -0.495 e. The van der Waals surface area contributed by atoms with Gasteiger partial charge in [0, 0.05) is 0 Å². The van der Waals surface area contributed by atoms with E-state index in [0.717, 1.165) is 5.56 Å². The summed E-state index contributed by atoms with van der Waals surface area (Å²) in [6.45, 7) is 3.60. The van der Waals surface area contributed by atoms with Crippen LogP contribution in [-0.2, 0) is 0 Å². The van der Waals surface area contributed by atoms with E-state index in [1.54, 1.807) is 25.1 Å². The van der Waals surface area contributed by atoms with Gasteiger partial charge in [-0.05, 0) is 31.5 Å². The Morgan fingerprint density at radius 2 is 2.00 bits per heavy atom. The van der Waals surface area contributed by atoms with E-state index < -0.39 is 6.03 Å². The molecule has 0 aliphatic rings. The van der Waals surface area contributed by atoms with E-state index in [-0.39, 0.29) is 5.82 Å². The zero-order chi connectivity index (χ0) is 17.3. The monoisotopic (exact) mass is 346 g/mol. The van der Waals surface area contributed by atoms with E-state index in [0.29, 0.717) is 33.3 Å². The van der Waals surface area contributed by atoms with Gasteiger partial charge in [0.25, 0.3) is 5.71 Å². The van der Waals surface area contributed by atoms with Crippen LogP contribution in [0.3, 0.4) is 0 Å². The number of aryl methyl sites for hydroxylation is 2. The Labute approximate surface area is 142 Å². The van der Waals surface area contributed by atoms with Crippen LogP contribution in [0.5, 0.6) is 5.75 Å². The highest BCUT2D eigenvalue weighted by Gasteiger charge is 2.18. The molecule has 0 atom stereocenters. The summed E-state index contributed by atoms with van der Waals surface area (Å²) in [7, 11) is 1.53. The van der Waals surface area contributed by atoms with Gasteiger partial charge in [-0.15, -0.1) is 0 Å². The Morgan fingerprint density at radius 1 is 1.25 bits per heavy atom. The molecular weight excluding hydrogens is 332 g/mol. The van der Waals surface area contributed by atoms with Gasteiger partial charge in [-0.2, -0.15) is 0 Å². The van der Waals surface area contributed by atoms with Crippen LogP contribution in [0.1, 0.15) is 11.3 Å². The first-order chi connectivity index (χ1) is 11.5. The maximum Gasteiger partial charge on any atom is 0.325 e. The van der Waals surface area contributed by atoms with Crippen LogP contribution < -0.4 is 15.4 Å². The Hall–Kier alpha value is -2.80. The Bertz CT molecular complexity index is 923. The average molecular weight is 347 g/mol. The summed E-state index contributed by atoms with van der Waals surface area (Å²) in [6, 6.07) is 6.60. The van der Waals surface area contributed by atoms with E-state index >= 15 is 0 Å².